The largest absolute Gasteiger partial charge is 0.383 e. The van der Waals surface area contributed by atoms with Crippen molar-refractivity contribution in [3.05, 3.63) is 88.8 Å². The summed E-state index contributed by atoms with van der Waals surface area (Å²) in [6.07, 6.45) is 2.47. The van der Waals surface area contributed by atoms with Crippen LogP contribution in [0.4, 0.5) is 15.9 Å². The first kappa shape index (κ1) is 17.9. The van der Waals surface area contributed by atoms with E-state index in [2.05, 4.69) is 15.6 Å². The molecule has 0 aliphatic heterocycles. The van der Waals surface area contributed by atoms with E-state index < -0.39 is 11.7 Å². The molecule has 0 saturated carbocycles. The first-order valence-electron chi connectivity index (χ1n) is 8.11. The van der Waals surface area contributed by atoms with Crippen LogP contribution in [0.25, 0.3) is 0 Å². The van der Waals surface area contributed by atoms with Gasteiger partial charge in [0.05, 0.1) is 11.9 Å². The van der Waals surface area contributed by atoms with Gasteiger partial charge in [-0.3, -0.25) is 4.79 Å². The Hall–Kier alpha value is -2.92. The van der Waals surface area contributed by atoms with Gasteiger partial charge in [0.1, 0.15) is 11.6 Å². The highest BCUT2D eigenvalue weighted by Crippen LogP contribution is 2.14. The summed E-state index contributed by atoms with van der Waals surface area (Å²) in [5.41, 5.74) is 2.24. The van der Waals surface area contributed by atoms with E-state index in [-0.39, 0.29) is 5.56 Å². The van der Waals surface area contributed by atoms with Crippen molar-refractivity contribution in [3.63, 3.8) is 0 Å². The molecule has 2 aromatic carbocycles. The van der Waals surface area contributed by atoms with Crippen molar-refractivity contribution in [3.8, 4) is 0 Å². The molecule has 1 heterocycles. The summed E-state index contributed by atoms with van der Waals surface area (Å²) in [5.74, 6) is -0.455. The van der Waals surface area contributed by atoms with Crippen LogP contribution in [0.1, 0.15) is 15.9 Å². The zero-order chi connectivity index (χ0) is 18.4. The molecule has 132 valence electrons. The Balaban J connectivity index is 1.52. The zero-order valence-corrected chi connectivity index (χ0v) is 14.6. The first-order valence-corrected chi connectivity index (χ1v) is 8.49. The average Bonchev–Trinajstić information content (AvgIpc) is 2.63. The summed E-state index contributed by atoms with van der Waals surface area (Å²) in [5, 5.41) is 6.63. The van der Waals surface area contributed by atoms with Gasteiger partial charge in [-0.05, 0) is 54.4 Å². The number of rotatable bonds is 6. The van der Waals surface area contributed by atoms with E-state index in [0.29, 0.717) is 5.82 Å². The van der Waals surface area contributed by atoms with Gasteiger partial charge in [0.2, 0.25) is 0 Å². The number of nitrogens with zero attached hydrogens (tertiary/aromatic N) is 1. The Morgan fingerprint density at radius 2 is 1.92 bits per heavy atom. The topological polar surface area (TPSA) is 54.0 Å². The molecule has 2 N–H and O–H groups in total. The number of carbonyl (C=O) groups excluding carboxylic acids is 1. The van der Waals surface area contributed by atoms with Crippen molar-refractivity contribution in [1.82, 2.24) is 4.98 Å². The van der Waals surface area contributed by atoms with Crippen molar-refractivity contribution in [1.29, 1.82) is 0 Å². The van der Waals surface area contributed by atoms with Crippen molar-refractivity contribution in [2.45, 2.75) is 6.42 Å². The van der Waals surface area contributed by atoms with Crippen LogP contribution >= 0.6 is 11.6 Å². The van der Waals surface area contributed by atoms with E-state index in [0.717, 1.165) is 29.2 Å². The lowest BCUT2D eigenvalue weighted by atomic mass is 10.1. The predicted molar refractivity (Wildman–Crippen MR) is 102 cm³/mol. The maximum atomic E-state index is 13.2. The molecule has 6 heteroatoms. The number of hydrogen-bond donors (Lipinski definition) is 2. The van der Waals surface area contributed by atoms with Gasteiger partial charge in [0.25, 0.3) is 5.91 Å². The number of pyridine rings is 1. The fourth-order valence-corrected chi connectivity index (χ4v) is 2.65. The first-order chi connectivity index (χ1) is 12.6. The molecule has 4 nitrogen and oxygen atoms in total. The smallest absolute Gasteiger partial charge is 0.256 e. The molecule has 26 heavy (non-hydrogen) atoms. The molecule has 0 radical (unpaired) electrons. The number of nitrogens with one attached hydrogen (secondary N) is 2. The molecule has 0 atom stereocenters. The summed E-state index contributed by atoms with van der Waals surface area (Å²) in [6.45, 7) is 0.733. The van der Waals surface area contributed by atoms with Crippen molar-refractivity contribution < 1.29 is 9.18 Å². The van der Waals surface area contributed by atoms with Gasteiger partial charge in [0.15, 0.2) is 0 Å². The Morgan fingerprint density at radius 1 is 1.08 bits per heavy atom. The lowest BCUT2D eigenvalue weighted by molar-refractivity contribution is 0.102. The third-order valence-corrected chi connectivity index (χ3v) is 3.96. The Bertz CT molecular complexity index is 900. The summed E-state index contributed by atoms with van der Waals surface area (Å²) >= 11 is 5.97. The Labute approximate surface area is 156 Å². The quantitative estimate of drug-likeness (QED) is 0.657. The van der Waals surface area contributed by atoms with E-state index in [4.69, 9.17) is 11.6 Å². The molecule has 0 aliphatic carbocycles. The van der Waals surface area contributed by atoms with Gasteiger partial charge < -0.3 is 10.6 Å². The monoisotopic (exact) mass is 369 g/mol. The summed E-state index contributed by atoms with van der Waals surface area (Å²) in [7, 11) is 0. The van der Waals surface area contributed by atoms with Gasteiger partial charge >= 0.3 is 0 Å². The standard InChI is InChI=1S/C20H17ClFN3O/c21-16-5-1-3-14(11-16)9-10-23-18-7-8-19(24-13-18)25-20(26)15-4-2-6-17(22)12-15/h1-8,11-13,23H,9-10H2,(H,24,25,26). The fourth-order valence-electron chi connectivity index (χ4n) is 2.43. The van der Waals surface area contributed by atoms with Crippen LogP contribution in [0.2, 0.25) is 5.02 Å². The highest BCUT2D eigenvalue weighted by atomic mass is 35.5. The van der Waals surface area contributed by atoms with Crippen LogP contribution in [-0.2, 0) is 6.42 Å². The number of hydrogen-bond acceptors (Lipinski definition) is 3. The maximum absolute atomic E-state index is 13.2. The van der Waals surface area contributed by atoms with Gasteiger partial charge in [-0.25, -0.2) is 9.37 Å². The molecule has 3 rings (SSSR count). The molecule has 0 saturated heterocycles. The van der Waals surface area contributed by atoms with Gasteiger partial charge in [0, 0.05) is 17.1 Å². The third kappa shape index (κ3) is 5.04. The molecular formula is C20H17ClFN3O. The minimum absolute atomic E-state index is 0.246. The SMILES string of the molecule is O=C(Nc1ccc(NCCc2cccc(Cl)c2)cn1)c1cccc(F)c1. The highest BCUT2D eigenvalue weighted by Gasteiger charge is 2.07. The fraction of sp³-hybridized carbons (Fsp3) is 0.100. The minimum atomic E-state index is -0.454. The van der Waals surface area contributed by atoms with E-state index in [9.17, 15) is 9.18 Å². The van der Waals surface area contributed by atoms with Crippen LogP contribution in [-0.4, -0.2) is 17.4 Å². The minimum Gasteiger partial charge on any atom is -0.383 e. The Morgan fingerprint density at radius 3 is 2.65 bits per heavy atom. The van der Waals surface area contributed by atoms with Crippen molar-refractivity contribution in [2.75, 3.05) is 17.2 Å². The average molecular weight is 370 g/mol. The molecule has 1 amide bonds. The maximum Gasteiger partial charge on any atom is 0.256 e. The molecular weight excluding hydrogens is 353 g/mol. The van der Waals surface area contributed by atoms with Gasteiger partial charge in [-0.2, -0.15) is 0 Å². The number of carbonyl (C=O) groups is 1. The number of aromatic nitrogens is 1. The highest BCUT2D eigenvalue weighted by molar-refractivity contribution is 6.30. The van der Waals surface area contributed by atoms with Crippen LogP contribution < -0.4 is 10.6 Å². The van der Waals surface area contributed by atoms with Gasteiger partial charge in [-0.15, -0.1) is 0 Å². The van der Waals surface area contributed by atoms with E-state index in [1.807, 2.05) is 30.3 Å². The van der Waals surface area contributed by atoms with Crippen LogP contribution in [0.3, 0.4) is 0 Å². The summed E-state index contributed by atoms with van der Waals surface area (Å²) in [6, 6.07) is 16.8. The molecule has 0 spiro atoms. The zero-order valence-electron chi connectivity index (χ0n) is 13.9. The summed E-state index contributed by atoms with van der Waals surface area (Å²) in [4.78, 5) is 16.3. The van der Waals surface area contributed by atoms with Crippen LogP contribution in [0.15, 0.2) is 66.9 Å². The second-order valence-corrected chi connectivity index (χ2v) is 6.14. The molecule has 1 aromatic heterocycles. The van der Waals surface area contributed by atoms with E-state index in [1.165, 1.54) is 18.2 Å². The van der Waals surface area contributed by atoms with Crippen molar-refractivity contribution in [2.24, 2.45) is 0 Å². The predicted octanol–water partition coefficient (Wildman–Crippen LogP) is 4.78. The summed E-state index contributed by atoms with van der Waals surface area (Å²) < 4.78 is 13.2. The van der Waals surface area contributed by atoms with Crippen LogP contribution in [0.5, 0.6) is 0 Å². The van der Waals surface area contributed by atoms with Crippen molar-refractivity contribution >= 4 is 29.0 Å². The number of anilines is 2. The molecule has 3 aromatic rings. The normalized spacial score (nSPS) is 10.4. The molecule has 0 bridgehead atoms. The number of amides is 1. The van der Waals surface area contributed by atoms with E-state index in [1.54, 1.807) is 18.3 Å². The molecule has 0 fully saturated rings. The van der Waals surface area contributed by atoms with Crippen LogP contribution in [0, 0.1) is 5.82 Å². The lowest BCUT2D eigenvalue weighted by Crippen LogP contribution is -2.13. The third-order valence-electron chi connectivity index (χ3n) is 3.72. The van der Waals surface area contributed by atoms with E-state index >= 15 is 0 Å². The second-order valence-electron chi connectivity index (χ2n) is 5.70. The molecule has 0 unspecified atom stereocenters. The van der Waals surface area contributed by atoms with Gasteiger partial charge in [-0.1, -0.05) is 29.8 Å². The molecule has 0 aliphatic rings. The number of benzene rings is 2. The lowest BCUT2D eigenvalue weighted by Gasteiger charge is -2.08. The second kappa shape index (κ2) is 8.45. The Kier molecular flexibility index (Phi) is 5.81. The number of halogens is 2.